The van der Waals surface area contributed by atoms with Gasteiger partial charge in [-0.05, 0) is 0 Å². The molecular weight excluding hydrogens is 186 g/mol. The number of nitrogens with two attached hydrogens (primary N) is 2. The van der Waals surface area contributed by atoms with Crippen LogP contribution < -0.4 is 17.0 Å². The summed E-state index contributed by atoms with van der Waals surface area (Å²) in [6.45, 7) is 0. The van der Waals surface area contributed by atoms with Crippen molar-refractivity contribution in [3.63, 3.8) is 0 Å². The largest absolute Gasteiger partial charge is 0.370 e. The number of aromatic nitrogens is 4. The fourth-order valence-electron chi connectivity index (χ4n) is 1.01. The van der Waals surface area contributed by atoms with Gasteiger partial charge < -0.3 is 16.5 Å². The molecule has 0 aliphatic heterocycles. The average molecular weight is 193 g/mol. The van der Waals surface area contributed by atoms with Crippen LogP contribution in [-0.2, 0) is 0 Å². The molecule has 0 radical (unpaired) electrons. The molecule has 8 nitrogen and oxygen atoms in total. The molecule has 2 aromatic heterocycles. The van der Waals surface area contributed by atoms with Crippen LogP contribution in [0.25, 0.3) is 11.2 Å². The highest BCUT2D eigenvalue weighted by molar-refractivity contribution is 5.78. The van der Waals surface area contributed by atoms with Gasteiger partial charge in [-0.3, -0.25) is 9.78 Å². The fourth-order valence-corrected chi connectivity index (χ4v) is 1.01. The number of nitrogens with zero attached hydrogens (tertiary/aromatic N) is 3. The number of aromatic amines is 2. The number of H-pyrrole nitrogens is 2. The van der Waals surface area contributed by atoms with Gasteiger partial charge >= 0.3 is 0 Å². The highest BCUT2D eigenvalue weighted by Gasteiger charge is 2.04. The van der Waals surface area contributed by atoms with E-state index in [-0.39, 0.29) is 23.1 Å². The second kappa shape index (κ2) is 2.83. The van der Waals surface area contributed by atoms with E-state index in [0.29, 0.717) is 5.52 Å². The van der Waals surface area contributed by atoms with Crippen molar-refractivity contribution < 1.29 is 0 Å². The maximum Gasteiger partial charge on any atom is 0.278 e. The highest BCUT2D eigenvalue weighted by Crippen LogP contribution is 2.04. The Kier molecular flexibility index (Phi) is 1.67. The molecule has 14 heavy (non-hydrogen) atoms. The second-order valence-electron chi connectivity index (χ2n) is 2.53. The van der Waals surface area contributed by atoms with E-state index in [0.717, 1.165) is 0 Å². The molecule has 8 heteroatoms. The van der Waals surface area contributed by atoms with Crippen LogP contribution in [0.5, 0.6) is 0 Å². The number of rotatable bonds is 1. The number of hydrogen-bond acceptors (Lipinski definition) is 4. The standard InChI is InChI=1S/C6H7N7O/c7-5(8)13-6-11-3-2(4(14)12-6)9-1-10-3/h1H,(H6,7,8,9,10,11,12,13,14). The molecule has 0 aromatic carbocycles. The molecule has 0 fully saturated rings. The first kappa shape index (κ1) is 8.23. The second-order valence-corrected chi connectivity index (χ2v) is 2.53. The number of aliphatic imine (C=N–C) groups is 1. The van der Waals surface area contributed by atoms with Crippen molar-refractivity contribution in [1.29, 1.82) is 0 Å². The predicted octanol–water partition coefficient (Wildman–Crippen LogP) is -1.45. The van der Waals surface area contributed by atoms with Crippen LogP contribution in [0.15, 0.2) is 16.1 Å². The van der Waals surface area contributed by atoms with E-state index >= 15 is 0 Å². The monoisotopic (exact) mass is 193 g/mol. The molecule has 72 valence electrons. The lowest BCUT2D eigenvalue weighted by atomic mass is 10.5. The Balaban J connectivity index is 2.71. The summed E-state index contributed by atoms with van der Waals surface area (Å²) in [5.74, 6) is -0.141. The van der Waals surface area contributed by atoms with Gasteiger partial charge in [0.2, 0.25) is 5.95 Å². The van der Waals surface area contributed by atoms with Gasteiger partial charge in [-0.2, -0.15) is 9.98 Å². The van der Waals surface area contributed by atoms with E-state index in [4.69, 9.17) is 11.5 Å². The maximum atomic E-state index is 11.3. The number of guanidine groups is 1. The quantitative estimate of drug-likeness (QED) is 0.324. The van der Waals surface area contributed by atoms with E-state index in [1.165, 1.54) is 6.33 Å². The molecule has 0 bridgehead atoms. The third-order valence-electron chi connectivity index (χ3n) is 1.52. The van der Waals surface area contributed by atoms with Gasteiger partial charge in [-0.1, -0.05) is 0 Å². The molecule has 6 N–H and O–H groups in total. The molecular formula is C6H7N7O. The van der Waals surface area contributed by atoms with E-state index < -0.39 is 0 Å². The summed E-state index contributed by atoms with van der Waals surface area (Å²) >= 11 is 0. The number of fused-ring (bicyclic) bond motifs is 1. The van der Waals surface area contributed by atoms with Crippen LogP contribution in [0.2, 0.25) is 0 Å². The minimum atomic E-state index is -0.368. The maximum absolute atomic E-state index is 11.3. The Hall–Kier alpha value is -2.38. The van der Waals surface area contributed by atoms with Crippen LogP contribution in [0, 0.1) is 0 Å². The van der Waals surface area contributed by atoms with E-state index in [1.54, 1.807) is 0 Å². The first-order valence-electron chi connectivity index (χ1n) is 3.70. The van der Waals surface area contributed by atoms with E-state index in [1.807, 2.05) is 0 Å². The Morgan fingerprint density at radius 2 is 2.29 bits per heavy atom. The zero-order chi connectivity index (χ0) is 10.1. The normalized spacial score (nSPS) is 10.3. The molecule has 0 aliphatic rings. The SMILES string of the molecule is NC(N)=Nc1nc2nc[nH]c2c(=O)[nH]1. The van der Waals surface area contributed by atoms with Gasteiger partial charge in [0, 0.05) is 0 Å². The van der Waals surface area contributed by atoms with Gasteiger partial charge in [0.25, 0.3) is 5.56 Å². The summed E-state index contributed by atoms with van der Waals surface area (Å²) in [5, 5.41) is 0. The Labute approximate surface area is 77.1 Å². The molecule has 2 heterocycles. The molecule has 0 unspecified atom stereocenters. The molecule has 0 spiro atoms. The van der Waals surface area contributed by atoms with Crippen LogP contribution in [0.4, 0.5) is 5.95 Å². The van der Waals surface area contributed by atoms with Gasteiger partial charge in [-0.15, -0.1) is 0 Å². The Morgan fingerprint density at radius 1 is 1.50 bits per heavy atom. The summed E-state index contributed by atoms with van der Waals surface area (Å²) in [4.78, 5) is 27.6. The van der Waals surface area contributed by atoms with Gasteiger partial charge in [0.05, 0.1) is 6.33 Å². The third-order valence-corrected chi connectivity index (χ3v) is 1.52. The minimum Gasteiger partial charge on any atom is -0.370 e. The van der Waals surface area contributed by atoms with Crippen LogP contribution in [-0.4, -0.2) is 25.9 Å². The van der Waals surface area contributed by atoms with Gasteiger partial charge in [0.15, 0.2) is 17.1 Å². The summed E-state index contributed by atoms with van der Waals surface area (Å²) < 4.78 is 0. The molecule has 2 rings (SSSR count). The molecule has 0 atom stereocenters. The van der Waals surface area contributed by atoms with Crippen molar-refractivity contribution in [2.75, 3.05) is 0 Å². The van der Waals surface area contributed by atoms with Gasteiger partial charge in [-0.25, -0.2) is 4.98 Å². The lowest BCUT2D eigenvalue weighted by Crippen LogP contribution is -2.22. The van der Waals surface area contributed by atoms with Crippen LogP contribution in [0.1, 0.15) is 0 Å². The topological polar surface area (TPSA) is 139 Å². The van der Waals surface area contributed by atoms with Crippen molar-refractivity contribution in [1.82, 2.24) is 19.9 Å². The molecule has 0 amide bonds. The van der Waals surface area contributed by atoms with E-state index in [2.05, 4.69) is 24.9 Å². The summed E-state index contributed by atoms with van der Waals surface area (Å²) in [7, 11) is 0. The number of nitrogens with one attached hydrogen (secondary N) is 2. The highest BCUT2D eigenvalue weighted by atomic mass is 16.1. The number of imidazole rings is 1. The van der Waals surface area contributed by atoms with Crippen molar-refractivity contribution in [3.8, 4) is 0 Å². The lowest BCUT2D eigenvalue weighted by molar-refractivity contribution is 1.12. The average Bonchev–Trinajstić information content (AvgIpc) is 2.50. The Morgan fingerprint density at radius 3 is 3.00 bits per heavy atom. The summed E-state index contributed by atoms with van der Waals surface area (Å²) in [5.41, 5.74) is 10.5. The third kappa shape index (κ3) is 1.28. The predicted molar refractivity (Wildman–Crippen MR) is 50.0 cm³/mol. The first-order valence-corrected chi connectivity index (χ1v) is 3.70. The zero-order valence-corrected chi connectivity index (χ0v) is 6.98. The number of hydrogen-bond donors (Lipinski definition) is 4. The Bertz CT molecular complexity index is 547. The summed E-state index contributed by atoms with van der Waals surface area (Å²) in [6, 6.07) is 0. The van der Waals surface area contributed by atoms with Gasteiger partial charge in [0.1, 0.15) is 0 Å². The fraction of sp³-hybridized carbons (Fsp3) is 0. The van der Waals surface area contributed by atoms with Crippen molar-refractivity contribution >= 4 is 23.1 Å². The van der Waals surface area contributed by atoms with Crippen LogP contribution in [0.3, 0.4) is 0 Å². The van der Waals surface area contributed by atoms with Crippen molar-refractivity contribution in [2.45, 2.75) is 0 Å². The lowest BCUT2D eigenvalue weighted by Gasteiger charge is -1.93. The summed E-state index contributed by atoms with van der Waals surface area (Å²) in [6.07, 6.45) is 1.37. The minimum absolute atomic E-state index is 0.0367. The molecule has 0 saturated heterocycles. The van der Waals surface area contributed by atoms with Crippen molar-refractivity contribution in [2.24, 2.45) is 16.5 Å². The smallest absolute Gasteiger partial charge is 0.278 e. The molecule has 2 aromatic rings. The molecule has 0 aliphatic carbocycles. The first-order chi connectivity index (χ1) is 6.66. The molecule has 0 saturated carbocycles. The van der Waals surface area contributed by atoms with E-state index in [9.17, 15) is 4.79 Å². The zero-order valence-electron chi connectivity index (χ0n) is 6.98. The van der Waals surface area contributed by atoms with Crippen LogP contribution >= 0.6 is 0 Å². The van der Waals surface area contributed by atoms with Crippen molar-refractivity contribution in [3.05, 3.63) is 16.7 Å².